The first-order chi connectivity index (χ1) is 11.7. The van der Waals surface area contributed by atoms with E-state index in [1.54, 1.807) is 13.4 Å². The number of nitrogens with two attached hydrogens (primary N) is 1. The lowest BCUT2D eigenvalue weighted by molar-refractivity contribution is 0.385. The van der Waals surface area contributed by atoms with Crippen molar-refractivity contribution in [3.8, 4) is 17.0 Å². The maximum atomic E-state index is 6.03. The Morgan fingerprint density at radius 1 is 1.08 bits per heavy atom. The van der Waals surface area contributed by atoms with Crippen molar-refractivity contribution < 1.29 is 4.74 Å². The van der Waals surface area contributed by atoms with Crippen LogP contribution < -0.4 is 10.5 Å². The van der Waals surface area contributed by atoms with Crippen molar-refractivity contribution >= 4 is 11.2 Å². The molecule has 1 saturated carbocycles. The average molecular weight is 323 g/mol. The molecule has 6 heteroatoms. The highest BCUT2D eigenvalue weighted by molar-refractivity contribution is 5.87. The highest BCUT2D eigenvalue weighted by atomic mass is 16.5. The number of H-pyrrole nitrogens is 1. The first kappa shape index (κ1) is 15.1. The van der Waals surface area contributed by atoms with Crippen LogP contribution >= 0.6 is 0 Å². The number of nitrogens with zero attached hydrogens (tertiary/aromatic N) is 3. The third-order valence-corrected chi connectivity index (χ3v) is 4.80. The van der Waals surface area contributed by atoms with Gasteiger partial charge in [-0.25, -0.2) is 15.0 Å². The zero-order valence-electron chi connectivity index (χ0n) is 13.7. The summed E-state index contributed by atoms with van der Waals surface area (Å²) in [6.07, 6.45) is 5.82. The summed E-state index contributed by atoms with van der Waals surface area (Å²) in [6, 6.07) is 8.23. The lowest BCUT2D eigenvalue weighted by Crippen LogP contribution is -2.26. The van der Waals surface area contributed by atoms with Gasteiger partial charge < -0.3 is 15.5 Å². The van der Waals surface area contributed by atoms with Crippen LogP contribution in [0.15, 0.2) is 30.6 Å². The van der Waals surface area contributed by atoms with E-state index in [1.165, 1.54) is 0 Å². The molecule has 0 amide bonds. The monoisotopic (exact) mass is 323 g/mol. The smallest absolute Gasteiger partial charge is 0.181 e. The van der Waals surface area contributed by atoms with Gasteiger partial charge in [0.25, 0.3) is 0 Å². The number of rotatable bonds is 3. The standard InChI is InChI=1S/C18H21N5O/c1-24-14-8-4-11(5-9-14)15-16-18(21-10-20-16)23-17(22-15)12-2-6-13(19)7-3-12/h4-5,8-10,12-13H,2-3,6-7,19H2,1H3,(H,20,21,22,23). The number of imidazole rings is 1. The highest BCUT2D eigenvalue weighted by Gasteiger charge is 2.24. The number of benzene rings is 1. The molecule has 2 aromatic heterocycles. The zero-order chi connectivity index (χ0) is 16.5. The van der Waals surface area contributed by atoms with E-state index >= 15 is 0 Å². The minimum absolute atomic E-state index is 0.316. The number of aromatic nitrogens is 4. The molecule has 4 rings (SSSR count). The topological polar surface area (TPSA) is 89.7 Å². The van der Waals surface area contributed by atoms with E-state index in [9.17, 15) is 0 Å². The van der Waals surface area contributed by atoms with Crippen molar-refractivity contribution in [2.45, 2.75) is 37.6 Å². The van der Waals surface area contributed by atoms with E-state index in [1.807, 2.05) is 24.3 Å². The van der Waals surface area contributed by atoms with Crippen LogP contribution in [0.1, 0.15) is 37.4 Å². The van der Waals surface area contributed by atoms with Gasteiger partial charge in [0.05, 0.1) is 19.1 Å². The molecule has 2 heterocycles. The summed E-state index contributed by atoms with van der Waals surface area (Å²) in [5.41, 5.74) is 9.54. The van der Waals surface area contributed by atoms with Gasteiger partial charge in [-0.05, 0) is 49.9 Å². The first-order valence-electron chi connectivity index (χ1n) is 8.35. The molecule has 3 N–H and O–H groups in total. The fourth-order valence-corrected chi connectivity index (χ4v) is 3.37. The summed E-state index contributed by atoms with van der Waals surface area (Å²) in [7, 11) is 1.67. The molecule has 24 heavy (non-hydrogen) atoms. The number of ether oxygens (including phenoxy) is 1. The summed E-state index contributed by atoms with van der Waals surface area (Å²) in [6.45, 7) is 0. The second kappa shape index (κ2) is 6.20. The fourth-order valence-electron chi connectivity index (χ4n) is 3.37. The number of aromatic amines is 1. The molecule has 6 nitrogen and oxygen atoms in total. The van der Waals surface area contributed by atoms with Crippen LogP contribution in [0.2, 0.25) is 0 Å². The second-order valence-electron chi connectivity index (χ2n) is 6.37. The molecule has 0 aliphatic heterocycles. The number of hydrogen-bond acceptors (Lipinski definition) is 5. The van der Waals surface area contributed by atoms with Crippen LogP contribution in [0, 0.1) is 0 Å². The first-order valence-corrected chi connectivity index (χ1v) is 8.35. The molecule has 1 aliphatic carbocycles. The predicted molar refractivity (Wildman–Crippen MR) is 92.9 cm³/mol. The number of methoxy groups -OCH3 is 1. The summed E-state index contributed by atoms with van der Waals surface area (Å²) in [5.74, 6) is 2.07. The van der Waals surface area contributed by atoms with Crippen molar-refractivity contribution in [1.82, 2.24) is 19.9 Å². The molecule has 0 bridgehead atoms. The molecule has 124 valence electrons. The van der Waals surface area contributed by atoms with Crippen LogP contribution in [0.3, 0.4) is 0 Å². The summed E-state index contributed by atoms with van der Waals surface area (Å²) < 4.78 is 5.24. The Morgan fingerprint density at radius 3 is 2.54 bits per heavy atom. The Morgan fingerprint density at radius 2 is 1.83 bits per heavy atom. The average Bonchev–Trinajstić information content (AvgIpc) is 3.10. The number of nitrogens with one attached hydrogen (secondary N) is 1. The third-order valence-electron chi connectivity index (χ3n) is 4.80. The molecule has 0 atom stereocenters. The van der Waals surface area contributed by atoms with Crippen molar-refractivity contribution in [2.24, 2.45) is 5.73 Å². The maximum absolute atomic E-state index is 6.03. The van der Waals surface area contributed by atoms with Gasteiger partial charge in [-0.15, -0.1) is 0 Å². The van der Waals surface area contributed by atoms with Gasteiger partial charge in [-0.2, -0.15) is 0 Å². The molecule has 0 unspecified atom stereocenters. The quantitative estimate of drug-likeness (QED) is 0.773. The van der Waals surface area contributed by atoms with Crippen LogP contribution in [0.4, 0.5) is 0 Å². The molecular weight excluding hydrogens is 302 g/mol. The Bertz CT molecular complexity index is 834. The molecule has 1 aromatic carbocycles. The van der Waals surface area contributed by atoms with Gasteiger partial charge in [0.15, 0.2) is 5.65 Å². The van der Waals surface area contributed by atoms with Crippen molar-refractivity contribution in [2.75, 3.05) is 7.11 Å². The van der Waals surface area contributed by atoms with Crippen LogP contribution in [0.5, 0.6) is 5.75 Å². The van der Waals surface area contributed by atoms with Gasteiger partial charge in [0.1, 0.15) is 17.1 Å². The summed E-state index contributed by atoms with van der Waals surface area (Å²) in [4.78, 5) is 17.1. The van der Waals surface area contributed by atoms with Gasteiger partial charge >= 0.3 is 0 Å². The SMILES string of the molecule is COc1ccc(-c2nc(C3CCC(N)CC3)nc3nc[nH]c23)cc1. The Hall–Kier alpha value is -2.47. The van der Waals surface area contributed by atoms with Crippen LogP contribution in [0.25, 0.3) is 22.4 Å². The van der Waals surface area contributed by atoms with Crippen LogP contribution in [-0.2, 0) is 0 Å². The summed E-state index contributed by atoms with van der Waals surface area (Å²) >= 11 is 0. The van der Waals surface area contributed by atoms with E-state index in [2.05, 4.69) is 15.0 Å². The number of fused-ring (bicyclic) bond motifs is 1. The van der Waals surface area contributed by atoms with Crippen LogP contribution in [-0.4, -0.2) is 33.1 Å². The minimum atomic E-state index is 0.316. The van der Waals surface area contributed by atoms with E-state index in [0.29, 0.717) is 12.0 Å². The molecule has 1 fully saturated rings. The Kier molecular flexibility index (Phi) is 3.90. The lowest BCUT2D eigenvalue weighted by atomic mass is 9.86. The van der Waals surface area contributed by atoms with E-state index in [-0.39, 0.29) is 0 Å². The van der Waals surface area contributed by atoms with Crippen molar-refractivity contribution in [1.29, 1.82) is 0 Å². The van der Waals surface area contributed by atoms with Gasteiger partial charge in [0.2, 0.25) is 0 Å². The van der Waals surface area contributed by atoms with E-state index in [0.717, 1.165) is 59.7 Å². The number of hydrogen-bond donors (Lipinski definition) is 2. The molecular formula is C18H21N5O. The maximum Gasteiger partial charge on any atom is 0.181 e. The minimum Gasteiger partial charge on any atom is -0.497 e. The van der Waals surface area contributed by atoms with E-state index < -0.39 is 0 Å². The molecule has 0 saturated heterocycles. The largest absolute Gasteiger partial charge is 0.497 e. The Labute approximate surface area is 140 Å². The molecule has 1 aliphatic rings. The van der Waals surface area contributed by atoms with Gasteiger partial charge in [-0.1, -0.05) is 0 Å². The van der Waals surface area contributed by atoms with E-state index in [4.69, 9.17) is 15.5 Å². The second-order valence-corrected chi connectivity index (χ2v) is 6.37. The normalized spacial score (nSPS) is 21.1. The Balaban J connectivity index is 1.77. The lowest BCUT2D eigenvalue weighted by Gasteiger charge is -2.25. The fraction of sp³-hybridized carbons (Fsp3) is 0.389. The van der Waals surface area contributed by atoms with Crippen molar-refractivity contribution in [3.63, 3.8) is 0 Å². The highest BCUT2D eigenvalue weighted by Crippen LogP contribution is 2.33. The molecule has 3 aromatic rings. The zero-order valence-corrected chi connectivity index (χ0v) is 13.7. The van der Waals surface area contributed by atoms with Gasteiger partial charge in [-0.3, -0.25) is 0 Å². The van der Waals surface area contributed by atoms with Gasteiger partial charge in [0, 0.05) is 17.5 Å². The summed E-state index contributed by atoms with van der Waals surface area (Å²) in [5, 5.41) is 0. The third kappa shape index (κ3) is 2.73. The molecule has 0 spiro atoms. The predicted octanol–water partition coefficient (Wildman–Crippen LogP) is 3.01. The molecule has 0 radical (unpaired) electrons. The van der Waals surface area contributed by atoms with Crippen molar-refractivity contribution in [3.05, 3.63) is 36.4 Å².